The summed E-state index contributed by atoms with van der Waals surface area (Å²) in [5.41, 5.74) is 5.96. The molecule has 6 heteroatoms. The molecule has 108 valence electrons. The van der Waals surface area contributed by atoms with Crippen molar-refractivity contribution in [1.29, 1.82) is 0 Å². The Morgan fingerprint density at radius 2 is 1.89 bits per heavy atom. The van der Waals surface area contributed by atoms with Crippen LogP contribution >= 0.6 is 0 Å². The van der Waals surface area contributed by atoms with Crippen LogP contribution in [-0.4, -0.2) is 50.5 Å². The number of halogens is 3. The lowest BCUT2D eigenvalue weighted by molar-refractivity contribution is -0.174. The summed E-state index contributed by atoms with van der Waals surface area (Å²) >= 11 is 0. The maximum Gasteiger partial charge on any atom is 0.411 e. The normalized spacial score (nSPS) is 21.2. The highest BCUT2D eigenvalue weighted by Gasteiger charge is 2.29. The average Bonchev–Trinajstić information content (AvgIpc) is 2.30. The number of alkyl halides is 3. The highest BCUT2D eigenvalue weighted by Crippen LogP contribution is 2.29. The van der Waals surface area contributed by atoms with Crippen molar-refractivity contribution < 1.29 is 17.9 Å². The smallest absolute Gasteiger partial charge is 0.372 e. The predicted molar refractivity (Wildman–Crippen MR) is 64.3 cm³/mol. The van der Waals surface area contributed by atoms with E-state index in [1.165, 1.54) is 0 Å². The second-order valence-electron chi connectivity index (χ2n) is 5.38. The Morgan fingerprint density at radius 3 is 2.39 bits per heavy atom. The van der Waals surface area contributed by atoms with Gasteiger partial charge in [-0.25, -0.2) is 0 Å². The van der Waals surface area contributed by atoms with Gasteiger partial charge in [-0.3, -0.25) is 0 Å². The van der Waals surface area contributed by atoms with Gasteiger partial charge in [-0.05, 0) is 44.3 Å². The van der Waals surface area contributed by atoms with E-state index < -0.39 is 12.8 Å². The first-order valence-corrected chi connectivity index (χ1v) is 6.42. The quantitative estimate of drug-likeness (QED) is 0.749. The van der Waals surface area contributed by atoms with E-state index in [2.05, 4.69) is 16.6 Å². The minimum absolute atomic E-state index is 0.171. The topological polar surface area (TPSA) is 38.5 Å². The van der Waals surface area contributed by atoms with Crippen LogP contribution in [0.5, 0.6) is 0 Å². The molecule has 0 aromatic heterocycles. The molecule has 3 nitrogen and oxygen atoms in total. The average molecular weight is 268 g/mol. The lowest BCUT2D eigenvalue weighted by atomic mass is 9.80. The number of likely N-dealkylation sites (tertiary alicyclic amines) is 1. The third kappa shape index (κ3) is 6.02. The number of nitrogens with two attached hydrogens (primary N) is 1. The highest BCUT2D eigenvalue weighted by atomic mass is 19.4. The number of hydrogen-bond donors (Lipinski definition) is 1. The summed E-state index contributed by atoms with van der Waals surface area (Å²) < 4.78 is 40.0. The largest absolute Gasteiger partial charge is 0.411 e. The Balaban J connectivity index is 2.05. The molecule has 0 saturated carbocycles. The second kappa shape index (κ2) is 6.73. The van der Waals surface area contributed by atoms with E-state index >= 15 is 0 Å². The monoisotopic (exact) mass is 268 g/mol. The standard InChI is InChI=1S/C12H23F3N2O/c1-11(9-16)3-6-17(7-4-11)5-2-8-18-10-12(13,14)15/h2-10,16H2,1H3. The zero-order chi connectivity index (χ0) is 13.6. The molecule has 0 unspecified atom stereocenters. The van der Waals surface area contributed by atoms with Gasteiger partial charge >= 0.3 is 6.18 Å². The first-order chi connectivity index (χ1) is 8.35. The van der Waals surface area contributed by atoms with Gasteiger partial charge in [0.05, 0.1) is 0 Å². The van der Waals surface area contributed by atoms with Gasteiger partial charge in [0.15, 0.2) is 0 Å². The fourth-order valence-electron chi connectivity index (χ4n) is 2.10. The van der Waals surface area contributed by atoms with Crippen molar-refractivity contribution in [2.45, 2.75) is 32.4 Å². The van der Waals surface area contributed by atoms with Crippen LogP contribution in [0.2, 0.25) is 0 Å². The summed E-state index contributed by atoms with van der Waals surface area (Å²) in [6.45, 7) is 4.69. The maximum atomic E-state index is 11.8. The Kier molecular flexibility index (Phi) is 5.88. The Hall–Kier alpha value is -0.330. The Morgan fingerprint density at radius 1 is 1.28 bits per heavy atom. The Bertz CT molecular complexity index is 238. The van der Waals surface area contributed by atoms with Crippen molar-refractivity contribution in [2.75, 3.05) is 39.4 Å². The molecule has 0 bridgehead atoms. The minimum atomic E-state index is -4.21. The van der Waals surface area contributed by atoms with Gasteiger partial charge in [0.2, 0.25) is 0 Å². The lowest BCUT2D eigenvalue weighted by Gasteiger charge is -2.38. The van der Waals surface area contributed by atoms with Crippen LogP contribution in [0.15, 0.2) is 0 Å². The van der Waals surface area contributed by atoms with Gasteiger partial charge < -0.3 is 15.4 Å². The number of ether oxygens (including phenoxy) is 1. The number of nitrogens with zero attached hydrogens (tertiary/aromatic N) is 1. The summed E-state index contributed by atoms with van der Waals surface area (Å²) in [4.78, 5) is 2.27. The van der Waals surface area contributed by atoms with Crippen molar-refractivity contribution in [2.24, 2.45) is 11.1 Å². The SMILES string of the molecule is CC1(CN)CCN(CCCOCC(F)(F)F)CC1. The lowest BCUT2D eigenvalue weighted by Crippen LogP contribution is -2.42. The molecule has 1 aliphatic heterocycles. The van der Waals surface area contributed by atoms with Crippen molar-refractivity contribution in [1.82, 2.24) is 4.90 Å². The molecule has 2 N–H and O–H groups in total. The summed E-state index contributed by atoms with van der Waals surface area (Å²) in [5.74, 6) is 0. The molecule has 0 atom stereocenters. The van der Waals surface area contributed by atoms with E-state index in [-0.39, 0.29) is 12.0 Å². The molecular formula is C12H23F3N2O. The second-order valence-corrected chi connectivity index (χ2v) is 5.38. The fourth-order valence-corrected chi connectivity index (χ4v) is 2.10. The van der Waals surface area contributed by atoms with Crippen LogP contribution in [-0.2, 0) is 4.74 Å². The maximum absolute atomic E-state index is 11.8. The van der Waals surface area contributed by atoms with Crippen LogP contribution in [0.4, 0.5) is 13.2 Å². The van der Waals surface area contributed by atoms with Gasteiger partial charge in [-0.1, -0.05) is 6.92 Å². The summed E-state index contributed by atoms with van der Waals surface area (Å²) in [6.07, 6.45) is -1.44. The van der Waals surface area contributed by atoms with E-state index in [1.807, 2.05) is 0 Å². The van der Waals surface area contributed by atoms with E-state index in [0.717, 1.165) is 32.5 Å². The van der Waals surface area contributed by atoms with Gasteiger partial charge in [0.1, 0.15) is 6.61 Å². The number of piperidine rings is 1. The molecule has 0 aromatic rings. The zero-order valence-corrected chi connectivity index (χ0v) is 10.9. The van der Waals surface area contributed by atoms with E-state index in [0.29, 0.717) is 13.0 Å². The fraction of sp³-hybridized carbons (Fsp3) is 1.00. The molecule has 0 amide bonds. The Labute approximate surface area is 106 Å². The van der Waals surface area contributed by atoms with Crippen molar-refractivity contribution in [3.63, 3.8) is 0 Å². The molecule has 1 saturated heterocycles. The third-order valence-electron chi connectivity index (χ3n) is 3.58. The first-order valence-electron chi connectivity index (χ1n) is 6.42. The molecule has 0 aromatic carbocycles. The zero-order valence-electron chi connectivity index (χ0n) is 10.9. The molecule has 1 fully saturated rings. The van der Waals surface area contributed by atoms with Crippen LogP contribution < -0.4 is 5.73 Å². The number of hydrogen-bond acceptors (Lipinski definition) is 3. The summed E-state index contributed by atoms with van der Waals surface area (Å²) in [5, 5.41) is 0. The first kappa shape index (κ1) is 15.7. The van der Waals surface area contributed by atoms with Crippen molar-refractivity contribution >= 4 is 0 Å². The van der Waals surface area contributed by atoms with Crippen molar-refractivity contribution in [3.05, 3.63) is 0 Å². The van der Waals surface area contributed by atoms with Gasteiger partial charge in [0.25, 0.3) is 0 Å². The van der Waals surface area contributed by atoms with Crippen molar-refractivity contribution in [3.8, 4) is 0 Å². The third-order valence-corrected chi connectivity index (χ3v) is 3.58. The van der Waals surface area contributed by atoms with Gasteiger partial charge in [-0.2, -0.15) is 13.2 Å². The van der Waals surface area contributed by atoms with E-state index in [4.69, 9.17) is 5.73 Å². The summed E-state index contributed by atoms with van der Waals surface area (Å²) in [7, 11) is 0. The molecule has 1 rings (SSSR count). The minimum Gasteiger partial charge on any atom is -0.372 e. The van der Waals surface area contributed by atoms with E-state index in [9.17, 15) is 13.2 Å². The highest BCUT2D eigenvalue weighted by molar-refractivity contribution is 4.82. The summed E-state index contributed by atoms with van der Waals surface area (Å²) in [6, 6.07) is 0. The molecular weight excluding hydrogens is 245 g/mol. The molecule has 0 aliphatic carbocycles. The molecule has 0 radical (unpaired) electrons. The van der Waals surface area contributed by atoms with Crippen LogP contribution in [0.3, 0.4) is 0 Å². The van der Waals surface area contributed by atoms with Gasteiger partial charge in [0, 0.05) is 13.2 Å². The van der Waals surface area contributed by atoms with E-state index in [1.54, 1.807) is 0 Å². The van der Waals surface area contributed by atoms with Gasteiger partial charge in [-0.15, -0.1) is 0 Å². The number of rotatable bonds is 6. The molecule has 0 spiro atoms. The van der Waals surface area contributed by atoms with Crippen LogP contribution in [0.1, 0.15) is 26.2 Å². The predicted octanol–water partition coefficient (Wildman–Crippen LogP) is 2.02. The molecule has 1 heterocycles. The van der Waals surface area contributed by atoms with Crippen LogP contribution in [0, 0.1) is 5.41 Å². The molecule has 1 aliphatic rings. The molecule has 18 heavy (non-hydrogen) atoms. The van der Waals surface area contributed by atoms with Crippen LogP contribution in [0.25, 0.3) is 0 Å².